The number of carbonyl (C=O) groups is 1. The van der Waals surface area contributed by atoms with Gasteiger partial charge in [-0.05, 0) is 49.7 Å². The predicted molar refractivity (Wildman–Crippen MR) is 77.5 cm³/mol. The highest BCUT2D eigenvalue weighted by molar-refractivity contribution is 6.00. The van der Waals surface area contributed by atoms with Crippen LogP contribution in [0.4, 0.5) is 11.4 Å². The maximum Gasteiger partial charge on any atom is 0.161 e. The summed E-state index contributed by atoms with van der Waals surface area (Å²) in [5.74, 6) is 0.872. The second-order valence-electron chi connectivity index (χ2n) is 4.41. The van der Waals surface area contributed by atoms with Crippen LogP contribution in [0, 0.1) is 6.92 Å². The number of rotatable bonds is 4. The molecule has 19 heavy (non-hydrogen) atoms. The van der Waals surface area contributed by atoms with E-state index in [1.165, 1.54) is 0 Å². The number of methoxy groups -OCH3 is 1. The van der Waals surface area contributed by atoms with Gasteiger partial charge in [0.15, 0.2) is 5.78 Å². The minimum absolute atomic E-state index is 0.0502. The van der Waals surface area contributed by atoms with Crippen LogP contribution < -0.4 is 10.1 Å². The Kier molecular flexibility index (Phi) is 3.85. The van der Waals surface area contributed by atoms with Crippen LogP contribution in [0.3, 0.4) is 0 Å². The molecule has 0 spiro atoms. The molecule has 1 N–H and O–H groups in total. The number of carbonyl (C=O) groups excluding carboxylic acids is 1. The Morgan fingerprint density at radius 3 is 2.47 bits per heavy atom. The monoisotopic (exact) mass is 255 g/mol. The molecule has 2 aromatic carbocycles. The number of hydrogen-bond acceptors (Lipinski definition) is 3. The van der Waals surface area contributed by atoms with Gasteiger partial charge < -0.3 is 10.1 Å². The van der Waals surface area contributed by atoms with Crippen molar-refractivity contribution in [3.8, 4) is 5.75 Å². The topological polar surface area (TPSA) is 38.3 Å². The number of anilines is 2. The third-order valence-electron chi connectivity index (χ3n) is 3.01. The average molecular weight is 255 g/mol. The van der Waals surface area contributed by atoms with Crippen molar-refractivity contribution in [1.29, 1.82) is 0 Å². The van der Waals surface area contributed by atoms with Crippen LogP contribution in [0.15, 0.2) is 42.5 Å². The highest BCUT2D eigenvalue weighted by Crippen LogP contribution is 2.26. The van der Waals surface area contributed by atoms with Gasteiger partial charge in [0.25, 0.3) is 0 Å². The van der Waals surface area contributed by atoms with Crippen LogP contribution in [0.25, 0.3) is 0 Å². The van der Waals surface area contributed by atoms with Crippen molar-refractivity contribution in [3.63, 3.8) is 0 Å². The van der Waals surface area contributed by atoms with Gasteiger partial charge in [0, 0.05) is 16.9 Å². The van der Waals surface area contributed by atoms with Crippen molar-refractivity contribution < 1.29 is 9.53 Å². The minimum Gasteiger partial charge on any atom is -0.497 e. The van der Waals surface area contributed by atoms with Gasteiger partial charge in [0.2, 0.25) is 0 Å². The molecule has 0 heterocycles. The molecule has 0 aliphatic carbocycles. The van der Waals surface area contributed by atoms with Crippen molar-refractivity contribution in [1.82, 2.24) is 0 Å². The Morgan fingerprint density at radius 2 is 1.84 bits per heavy atom. The Bertz CT molecular complexity index is 605. The molecule has 0 aliphatic rings. The Balaban J connectivity index is 2.34. The summed E-state index contributed by atoms with van der Waals surface area (Å²) in [4.78, 5) is 11.6. The molecular formula is C16H17NO2. The van der Waals surface area contributed by atoms with Crippen LogP contribution in [-0.4, -0.2) is 12.9 Å². The summed E-state index contributed by atoms with van der Waals surface area (Å²) in [5, 5.41) is 3.30. The van der Waals surface area contributed by atoms with E-state index in [4.69, 9.17) is 4.74 Å². The van der Waals surface area contributed by atoms with E-state index in [1.807, 2.05) is 49.4 Å². The van der Waals surface area contributed by atoms with Crippen LogP contribution in [-0.2, 0) is 0 Å². The molecule has 0 aliphatic heterocycles. The van der Waals surface area contributed by atoms with E-state index in [0.29, 0.717) is 5.56 Å². The molecule has 0 saturated carbocycles. The average Bonchev–Trinajstić information content (AvgIpc) is 2.41. The number of benzene rings is 2. The Hall–Kier alpha value is -2.29. The summed E-state index contributed by atoms with van der Waals surface area (Å²) >= 11 is 0. The summed E-state index contributed by atoms with van der Waals surface area (Å²) in [7, 11) is 1.65. The van der Waals surface area contributed by atoms with Gasteiger partial charge in [-0.25, -0.2) is 0 Å². The molecule has 0 bridgehead atoms. The molecule has 0 fully saturated rings. The van der Waals surface area contributed by atoms with Crippen molar-refractivity contribution in [2.75, 3.05) is 12.4 Å². The smallest absolute Gasteiger partial charge is 0.161 e. The summed E-state index contributed by atoms with van der Waals surface area (Å²) in [6, 6.07) is 13.3. The van der Waals surface area contributed by atoms with Crippen molar-refractivity contribution in [2.24, 2.45) is 0 Å². The third-order valence-corrected chi connectivity index (χ3v) is 3.01. The van der Waals surface area contributed by atoms with E-state index in [1.54, 1.807) is 14.0 Å². The Morgan fingerprint density at radius 1 is 1.11 bits per heavy atom. The zero-order valence-electron chi connectivity index (χ0n) is 11.4. The molecule has 2 aromatic rings. The highest BCUT2D eigenvalue weighted by atomic mass is 16.5. The van der Waals surface area contributed by atoms with Crippen molar-refractivity contribution in [3.05, 3.63) is 53.6 Å². The fraction of sp³-hybridized carbons (Fsp3) is 0.188. The second kappa shape index (κ2) is 5.57. The molecule has 3 nitrogen and oxygen atoms in total. The molecule has 0 unspecified atom stereocenters. The number of aryl methyl sites for hydroxylation is 1. The maximum absolute atomic E-state index is 11.6. The largest absolute Gasteiger partial charge is 0.497 e. The minimum atomic E-state index is 0.0502. The highest BCUT2D eigenvalue weighted by Gasteiger charge is 2.07. The lowest BCUT2D eigenvalue weighted by molar-refractivity contribution is 0.101. The first-order chi connectivity index (χ1) is 9.11. The molecule has 2 rings (SSSR count). The zero-order valence-corrected chi connectivity index (χ0v) is 11.4. The number of Topliss-reactive ketones (excluding diaryl/α,β-unsaturated/α-hetero) is 1. The molecule has 0 amide bonds. The van der Waals surface area contributed by atoms with E-state index in [9.17, 15) is 4.79 Å². The van der Waals surface area contributed by atoms with Gasteiger partial charge in [-0.3, -0.25) is 4.79 Å². The maximum atomic E-state index is 11.6. The van der Waals surface area contributed by atoms with Crippen LogP contribution in [0.5, 0.6) is 5.75 Å². The normalized spacial score (nSPS) is 10.1. The van der Waals surface area contributed by atoms with E-state index in [-0.39, 0.29) is 5.78 Å². The van der Waals surface area contributed by atoms with Crippen molar-refractivity contribution in [2.45, 2.75) is 13.8 Å². The molecule has 0 radical (unpaired) electrons. The van der Waals surface area contributed by atoms with Crippen LogP contribution in [0.1, 0.15) is 22.8 Å². The molecule has 3 heteroatoms. The van der Waals surface area contributed by atoms with Crippen molar-refractivity contribution >= 4 is 17.2 Å². The van der Waals surface area contributed by atoms with E-state index in [2.05, 4.69) is 5.32 Å². The fourth-order valence-electron chi connectivity index (χ4n) is 1.95. The Labute approximate surface area is 113 Å². The molecule has 0 aromatic heterocycles. The first kappa shape index (κ1) is 13.1. The van der Waals surface area contributed by atoms with Gasteiger partial charge in [0.05, 0.1) is 7.11 Å². The van der Waals surface area contributed by atoms with Gasteiger partial charge in [-0.1, -0.05) is 12.1 Å². The SMILES string of the molecule is COc1ccc(Nc2ccccc2C(C)=O)c(C)c1. The molecule has 98 valence electrons. The molecule has 0 saturated heterocycles. The summed E-state index contributed by atoms with van der Waals surface area (Å²) < 4.78 is 5.18. The standard InChI is InChI=1S/C16H17NO2/c1-11-10-13(19-3)8-9-15(11)17-16-7-5-4-6-14(16)12(2)18/h4-10,17H,1-3H3. The van der Waals surface area contributed by atoms with Gasteiger partial charge in [-0.2, -0.15) is 0 Å². The second-order valence-corrected chi connectivity index (χ2v) is 4.41. The molecular weight excluding hydrogens is 238 g/mol. The summed E-state index contributed by atoms with van der Waals surface area (Å²) in [6.45, 7) is 3.57. The lowest BCUT2D eigenvalue weighted by Crippen LogP contribution is -2.01. The third kappa shape index (κ3) is 2.94. The lowest BCUT2D eigenvalue weighted by Gasteiger charge is -2.13. The van der Waals surface area contributed by atoms with E-state index >= 15 is 0 Å². The molecule has 0 atom stereocenters. The van der Waals surface area contributed by atoms with Gasteiger partial charge in [-0.15, -0.1) is 0 Å². The fourth-order valence-corrected chi connectivity index (χ4v) is 1.95. The number of para-hydroxylation sites is 1. The lowest BCUT2D eigenvalue weighted by atomic mass is 10.1. The van der Waals surface area contributed by atoms with E-state index in [0.717, 1.165) is 22.7 Å². The van der Waals surface area contributed by atoms with Gasteiger partial charge >= 0.3 is 0 Å². The quantitative estimate of drug-likeness (QED) is 0.841. The first-order valence-corrected chi connectivity index (χ1v) is 6.13. The predicted octanol–water partition coefficient (Wildman–Crippen LogP) is 3.95. The number of hydrogen-bond donors (Lipinski definition) is 1. The zero-order chi connectivity index (χ0) is 13.8. The van der Waals surface area contributed by atoms with Crippen LogP contribution >= 0.6 is 0 Å². The number of ether oxygens (including phenoxy) is 1. The number of ketones is 1. The first-order valence-electron chi connectivity index (χ1n) is 6.13. The number of nitrogens with one attached hydrogen (secondary N) is 1. The van der Waals surface area contributed by atoms with Gasteiger partial charge in [0.1, 0.15) is 5.75 Å². The summed E-state index contributed by atoms with van der Waals surface area (Å²) in [6.07, 6.45) is 0. The van der Waals surface area contributed by atoms with Crippen LogP contribution in [0.2, 0.25) is 0 Å². The summed E-state index contributed by atoms with van der Waals surface area (Å²) in [5.41, 5.74) is 3.55. The van der Waals surface area contributed by atoms with E-state index < -0.39 is 0 Å².